The third-order valence-electron chi connectivity index (χ3n) is 4.70. The summed E-state index contributed by atoms with van der Waals surface area (Å²) in [5, 5.41) is 7.51. The summed E-state index contributed by atoms with van der Waals surface area (Å²) < 4.78 is 0. The fraction of sp³-hybridized carbons (Fsp3) is 0.471. The summed E-state index contributed by atoms with van der Waals surface area (Å²) in [6.07, 6.45) is 6.37. The number of H-pyrrole nitrogens is 1. The van der Waals surface area contributed by atoms with Crippen LogP contribution in [0.3, 0.4) is 0 Å². The highest BCUT2D eigenvalue weighted by Crippen LogP contribution is 2.43. The third-order valence-corrected chi connectivity index (χ3v) is 4.70. The van der Waals surface area contributed by atoms with Crippen LogP contribution in [0.1, 0.15) is 50.3 Å². The molecule has 1 aromatic carbocycles. The minimum absolute atomic E-state index is 0.184. The van der Waals surface area contributed by atoms with E-state index in [0.717, 1.165) is 5.56 Å². The Bertz CT molecular complexity index is 589. The molecular formula is C17H23N3. The highest BCUT2D eigenvalue weighted by atomic mass is 15.2. The molecule has 0 aliphatic heterocycles. The number of anilines is 1. The molecule has 0 unspecified atom stereocenters. The van der Waals surface area contributed by atoms with Crippen molar-refractivity contribution in [2.75, 3.05) is 5.73 Å². The minimum Gasteiger partial charge on any atom is -0.382 e. The zero-order valence-electron chi connectivity index (χ0n) is 12.4. The summed E-state index contributed by atoms with van der Waals surface area (Å²) in [6.45, 7) is 4.45. The molecule has 3 nitrogen and oxygen atoms in total. The summed E-state index contributed by atoms with van der Waals surface area (Å²) in [5.41, 5.74) is 11.1. The van der Waals surface area contributed by atoms with Gasteiger partial charge < -0.3 is 5.73 Å². The highest BCUT2D eigenvalue weighted by Gasteiger charge is 2.33. The van der Waals surface area contributed by atoms with E-state index in [2.05, 4.69) is 48.3 Å². The van der Waals surface area contributed by atoms with E-state index in [1.807, 2.05) is 0 Å². The lowest BCUT2D eigenvalue weighted by atomic mass is 9.72. The Morgan fingerprint density at radius 1 is 1.10 bits per heavy atom. The van der Waals surface area contributed by atoms with E-state index >= 15 is 0 Å². The van der Waals surface area contributed by atoms with Crippen molar-refractivity contribution in [2.24, 2.45) is 0 Å². The van der Waals surface area contributed by atoms with Crippen molar-refractivity contribution in [1.82, 2.24) is 10.2 Å². The lowest BCUT2D eigenvalue weighted by Gasteiger charge is -2.33. The number of rotatable bonds is 2. The van der Waals surface area contributed by atoms with E-state index < -0.39 is 0 Å². The molecule has 0 atom stereocenters. The van der Waals surface area contributed by atoms with Gasteiger partial charge in [-0.25, -0.2) is 0 Å². The van der Waals surface area contributed by atoms with Crippen LogP contribution in [0, 0.1) is 6.92 Å². The second-order valence-electron chi connectivity index (χ2n) is 6.35. The minimum atomic E-state index is 0.184. The SMILES string of the molecule is Cc1ccc(-c2c(N)n[nH]c2C2(C)CCCCC2)cc1. The monoisotopic (exact) mass is 269 g/mol. The van der Waals surface area contributed by atoms with Crippen LogP contribution in [-0.2, 0) is 5.41 Å². The number of nitrogen functional groups attached to an aromatic ring is 1. The number of nitrogens with one attached hydrogen (secondary N) is 1. The second-order valence-corrected chi connectivity index (χ2v) is 6.35. The summed E-state index contributed by atoms with van der Waals surface area (Å²) in [7, 11) is 0. The maximum absolute atomic E-state index is 6.13. The van der Waals surface area contributed by atoms with Crippen LogP contribution in [0.4, 0.5) is 5.82 Å². The number of hydrogen-bond acceptors (Lipinski definition) is 2. The van der Waals surface area contributed by atoms with Crippen molar-refractivity contribution in [1.29, 1.82) is 0 Å². The lowest BCUT2D eigenvalue weighted by molar-refractivity contribution is 0.312. The van der Waals surface area contributed by atoms with Gasteiger partial charge in [0.15, 0.2) is 5.82 Å². The molecular weight excluding hydrogens is 246 g/mol. The van der Waals surface area contributed by atoms with Crippen LogP contribution < -0.4 is 5.73 Å². The zero-order valence-corrected chi connectivity index (χ0v) is 12.4. The predicted octanol–water partition coefficient (Wildman–Crippen LogP) is 4.19. The van der Waals surface area contributed by atoms with Crippen molar-refractivity contribution in [3.63, 3.8) is 0 Å². The molecule has 3 heteroatoms. The number of aromatic amines is 1. The Labute approximate surface area is 120 Å². The molecule has 3 rings (SSSR count). The highest BCUT2D eigenvalue weighted by molar-refractivity contribution is 5.77. The van der Waals surface area contributed by atoms with Gasteiger partial charge in [0, 0.05) is 11.0 Å². The van der Waals surface area contributed by atoms with E-state index in [1.54, 1.807) is 0 Å². The van der Waals surface area contributed by atoms with Gasteiger partial charge in [-0.3, -0.25) is 5.10 Å². The van der Waals surface area contributed by atoms with Crippen LogP contribution in [0.15, 0.2) is 24.3 Å². The van der Waals surface area contributed by atoms with Crippen molar-refractivity contribution in [3.8, 4) is 11.1 Å². The van der Waals surface area contributed by atoms with Crippen LogP contribution in [0.5, 0.6) is 0 Å². The zero-order chi connectivity index (χ0) is 14.2. The fourth-order valence-electron chi connectivity index (χ4n) is 3.39. The molecule has 0 amide bonds. The molecule has 0 spiro atoms. The quantitative estimate of drug-likeness (QED) is 0.859. The molecule has 1 aliphatic carbocycles. The van der Waals surface area contributed by atoms with Gasteiger partial charge in [-0.2, -0.15) is 5.10 Å². The Balaban J connectivity index is 2.07. The van der Waals surface area contributed by atoms with Gasteiger partial charge >= 0.3 is 0 Å². The number of hydrogen-bond donors (Lipinski definition) is 2. The average Bonchev–Trinajstić information content (AvgIpc) is 2.83. The summed E-state index contributed by atoms with van der Waals surface area (Å²) in [5.74, 6) is 0.621. The van der Waals surface area contributed by atoms with Crippen LogP contribution in [0.2, 0.25) is 0 Å². The smallest absolute Gasteiger partial charge is 0.153 e. The fourth-order valence-corrected chi connectivity index (χ4v) is 3.39. The molecule has 1 aromatic heterocycles. The number of benzene rings is 1. The van der Waals surface area contributed by atoms with E-state index in [1.165, 1.54) is 48.9 Å². The largest absolute Gasteiger partial charge is 0.382 e. The Morgan fingerprint density at radius 2 is 1.75 bits per heavy atom. The maximum Gasteiger partial charge on any atom is 0.153 e. The van der Waals surface area contributed by atoms with Crippen LogP contribution >= 0.6 is 0 Å². The molecule has 0 radical (unpaired) electrons. The van der Waals surface area contributed by atoms with E-state index in [4.69, 9.17) is 5.73 Å². The van der Waals surface area contributed by atoms with Crippen LogP contribution in [-0.4, -0.2) is 10.2 Å². The van der Waals surface area contributed by atoms with E-state index in [9.17, 15) is 0 Å². The number of nitrogens with zero attached hydrogens (tertiary/aromatic N) is 1. The topological polar surface area (TPSA) is 54.7 Å². The number of aryl methyl sites for hydroxylation is 1. The maximum atomic E-state index is 6.13. The Morgan fingerprint density at radius 3 is 2.40 bits per heavy atom. The van der Waals surface area contributed by atoms with Gasteiger partial charge in [0.1, 0.15) is 0 Å². The number of nitrogens with two attached hydrogens (primary N) is 1. The molecule has 2 aromatic rings. The summed E-state index contributed by atoms with van der Waals surface area (Å²) in [4.78, 5) is 0. The van der Waals surface area contributed by atoms with Gasteiger partial charge in [0.2, 0.25) is 0 Å². The van der Waals surface area contributed by atoms with Crippen molar-refractivity contribution >= 4 is 5.82 Å². The summed E-state index contributed by atoms with van der Waals surface area (Å²) >= 11 is 0. The first-order valence-corrected chi connectivity index (χ1v) is 7.51. The van der Waals surface area contributed by atoms with Crippen molar-refractivity contribution < 1.29 is 0 Å². The van der Waals surface area contributed by atoms with Gasteiger partial charge in [-0.15, -0.1) is 0 Å². The second kappa shape index (κ2) is 4.97. The van der Waals surface area contributed by atoms with E-state index in [0.29, 0.717) is 5.82 Å². The molecule has 3 N–H and O–H groups in total. The Kier molecular flexibility index (Phi) is 3.28. The van der Waals surface area contributed by atoms with Crippen molar-refractivity contribution in [3.05, 3.63) is 35.5 Å². The van der Waals surface area contributed by atoms with Gasteiger partial charge in [0.05, 0.1) is 5.69 Å². The molecule has 106 valence electrons. The van der Waals surface area contributed by atoms with Gasteiger partial charge in [-0.1, -0.05) is 56.0 Å². The first kappa shape index (κ1) is 13.2. The first-order valence-electron chi connectivity index (χ1n) is 7.51. The molecule has 1 saturated carbocycles. The molecule has 1 heterocycles. The molecule has 1 fully saturated rings. The Hall–Kier alpha value is -1.77. The van der Waals surface area contributed by atoms with Crippen LogP contribution in [0.25, 0.3) is 11.1 Å². The number of aromatic nitrogens is 2. The molecule has 0 saturated heterocycles. The van der Waals surface area contributed by atoms with Gasteiger partial charge in [0.25, 0.3) is 0 Å². The first-order chi connectivity index (χ1) is 9.60. The standard InChI is InChI=1S/C17H23N3/c1-12-6-8-13(9-7-12)14-15(19-20-16(14)18)17(2)10-4-3-5-11-17/h6-9H,3-5,10-11H2,1-2H3,(H3,18,19,20). The molecule has 20 heavy (non-hydrogen) atoms. The summed E-state index contributed by atoms with van der Waals surface area (Å²) in [6, 6.07) is 8.56. The van der Waals surface area contributed by atoms with E-state index in [-0.39, 0.29) is 5.41 Å². The van der Waals surface area contributed by atoms with Gasteiger partial charge in [-0.05, 0) is 25.3 Å². The van der Waals surface area contributed by atoms with Crippen molar-refractivity contribution in [2.45, 2.75) is 51.4 Å². The normalized spacial score (nSPS) is 18.1. The predicted molar refractivity (Wildman–Crippen MR) is 83.6 cm³/mol. The molecule has 0 bridgehead atoms. The molecule has 1 aliphatic rings. The average molecular weight is 269 g/mol. The third kappa shape index (κ3) is 2.21. The lowest BCUT2D eigenvalue weighted by Crippen LogP contribution is -2.26.